The Bertz CT molecular complexity index is 668. The van der Waals surface area contributed by atoms with Crippen molar-refractivity contribution in [3.05, 3.63) is 42.0 Å². The molecule has 0 bridgehead atoms. The van der Waals surface area contributed by atoms with Crippen LogP contribution in [0.3, 0.4) is 0 Å². The number of hydrogen-bond donors (Lipinski definition) is 1. The summed E-state index contributed by atoms with van der Waals surface area (Å²) < 4.78 is 13.0. The molecular formula is C18H22FN3O. The maximum atomic E-state index is 13.0. The summed E-state index contributed by atoms with van der Waals surface area (Å²) in [5.74, 6) is 0.466. The Labute approximate surface area is 136 Å². The molecule has 1 aromatic heterocycles. The predicted octanol–water partition coefficient (Wildman–Crippen LogP) is 4.22. The van der Waals surface area contributed by atoms with E-state index in [1.807, 2.05) is 20.8 Å². The van der Waals surface area contributed by atoms with Gasteiger partial charge in [-0.2, -0.15) is 0 Å². The number of nitrogens with zero attached hydrogens (tertiary/aromatic N) is 2. The lowest BCUT2D eigenvalue weighted by Crippen LogP contribution is -2.17. The largest absolute Gasteiger partial charge is 0.309 e. The quantitative estimate of drug-likeness (QED) is 0.868. The number of carbonyl (C=O) groups excluding carboxylic acids is 1. The third kappa shape index (κ3) is 4.84. The number of rotatable bonds is 6. The number of carbonyl (C=O) groups is 1. The monoisotopic (exact) mass is 315 g/mol. The van der Waals surface area contributed by atoms with E-state index in [9.17, 15) is 9.18 Å². The summed E-state index contributed by atoms with van der Waals surface area (Å²) >= 11 is 0. The maximum Gasteiger partial charge on any atom is 0.225 e. The van der Waals surface area contributed by atoms with E-state index in [-0.39, 0.29) is 17.6 Å². The standard InChI is InChI=1S/C18H22FN3O/c1-4-5-15-18(22-17(23)10-12(2)3)20-11-16(21-15)13-6-8-14(19)9-7-13/h6-9,11-12H,4-5,10H2,1-3H3,(H,20,22,23). The number of aryl methyl sites for hydroxylation is 1. The minimum Gasteiger partial charge on any atom is -0.309 e. The van der Waals surface area contributed by atoms with Gasteiger partial charge in [0.1, 0.15) is 5.82 Å². The van der Waals surface area contributed by atoms with E-state index >= 15 is 0 Å². The highest BCUT2D eigenvalue weighted by Gasteiger charge is 2.12. The molecule has 1 amide bonds. The van der Waals surface area contributed by atoms with Crippen LogP contribution in [-0.2, 0) is 11.2 Å². The van der Waals surface area contributed by atoms with Crippen LogP contribution in [0.25, 0.3) is 11.3 Å². The first-order chi connectivity index (χ1) is 11.0. The van der Waals surface area contributed by atoms with Gasteiger partial charge in [-0.3, -0.25) is 4.79 Å². The Morgan fingerprint density at radius 1 is 1.26 bits per heavy atom. The fourth-order valence-electron chi connectivity index (χ4n) is 2.26. The SMILES string of the molecule is CCCc1nc(-c2ccc(F)cc2)cnc1NC(=O)CC(C)C. The third-order valence-electron chi connectivity index (χ3n) is 3.32. The molecule has 122 valence electrons. The zero-order valence-corrected chi connectivity index (χ0v) is 13.8. The summed E-state index contributed by atoms with van der Waals surface area (Å²) in [5.41, 5.74) is 2.23. The summed E-state index contributed by atoms with van der Waals surface area (Å²) in [6, 6.07) is 6.14. The number of hydrogen-bond acceptors (Lipinski definition) is 3. The van der Waals surface area contributed by atoms with Crippen LogP contribution in [0, 0.1) is 11.7 Å². The highest BCUT2D eigenvalue weighted by atomic mass is 19.1. The molecule has 0 radical (unpaired) electrons. The number of nitrogens with one attached hydrogen (secondary N) is 1. The molecule has 0 saturated heterocycles. The molecule has 0 spiro atoms. The Morgan fingerprint density at radius 3 is 2.57 bits per heavy atom. The van der Waals surface area contributed by atoms with Crippen LogP contribution in [0.1, 0.15) is 39.3 Å². The number of benzene rings is 1. The van der Waals surface area contributed by atoms with Crippen LogP contribution in [-0.4, -0.2) is 15.9 Å². The van der Waals surface area contributed by atoms with Gasteiger partial charge < -0.3 is 5.32 Å². The average Bonchev–Trinajstić information content (AvgIpc) is 2.49. The molecule has 23 heavy (non-hydrogen) atoms. The lowest BCUT2D eigenvalue weighted by Gasteiger charge is -2.11. The summed E-state index contributed by atoms with van der Waals surface area (Å²) in [4.78, 5) is 20.9. The first kappa shape index (κ1) is 17.1. The minimum atomic E-state index is -0.284. The van der Waals surface area contributed by atoms with Crippen LogP contribution in [0.2, 0.25) is 0 Å². The molecular weight excluding hydrogens is 293 g/mol. The van der Waals surface area contributed by atoms with Gasteiger partial charge in [-0.25, -0.2) is 14.4 Å². The predicted molar refractivity (Wildman–Crippen MR) is 89.5 cm³/mol. The zero-order chi connectivity index (χ0) is 16.8. The van der Waals surface area contributed by atoms with Gasteiger partial charge in [-0.05, 0) is 36.6 Å². The number of amides is 1. The molecule has 0 saturated carbocycles. The Hall–Kier alpha value is -2.30. The summed E-state index contributed by atoms with van der Waals surface area (Å²) in [5, 5.41) is 2.84. The Kier molecular flexibility index (Phi) is 5.79. The topological polar surface area (TPSA) is 54.9 Å². The van der Waals surface area contributed by atoms with E-state index in [1.165, 1.54) is 12.1 Å². The van der Waals surface area contributed by atoms with Crippen LogP contribution in [0.15, 0.2) is 30.5 Å². The second kappa shape index (κ2) is 7.81. The molecule has 2 aromatic rings. The van der Waals surface area contributed by atoms with E-state index in [0.29, 0.717) is 17.9 Å². The minimum absolute atomic E-state index is 0.0545. The fourth-order valence-corrected chi connectivity index (χ4v) is 2.26. The van der Waals surface area contributed by atoms with Crippen LogP contribution in [0.4, 0.5) is 10.2 Å². The lowest BCUT2D eigenvalue weighted by atomic mass is 10.1. The summed E-state index contributed by atoms with van der Waals surface area (Å²) in [6.07, 6.45) is 3.68. The van der Waals surface area contributed by atoms with E-state index in [4.69, 9.17) is 0 Å². The normalized spacial score (nSPS) is 10.8. The highest BCUT2D eigenvalue weighted by molar-refractivity contribution is 5.90. The molecule has 5 heteroatoms. The van der Waals surface area contributed by atoms with Gasteiger partial charge >= 0.3 is 0 Å². The van der Waals surface area contributed by atoms with Crippen molar-refractivity contribution in [3.63, 3.8) is 0 Å². The Morgan fingerprint density at radius 2 is 1.96 bits per heavy atom. The lowest BCUT2D eigenvalue weighted by molar-refractivity contribution is -0.116. The van der Waals surface area contributed by atoms with Crippen LogP contribution >= 0.6 is 0 Å². The van der Waals surface area contributed by atoms with Gasteiger partial charge in [0.25, 0.3) is 0 Å². The van der Waals surface area contributed by atoms with Crippen molar-refractivity contribution >= 4 is 11.7 Å². The molecule has 2 rings (SSSR count). The van der Waals surface area contributed by atoms with Gasteiger partial charge in [0.2, 0.25) is 5.91 Å². The number of anilines is 1. The number of aromatic nitrogens is 2. The van der Waals surface area contributed by atoms with Gasteiger partial charge in [-0.1, -0.05) is 27.2 Å². The molecule has 0 unspecified atom stereocenters. The molecule has 0 atom stereocenters. The van der Waals surface area contributed by atoms with Crippen LogP contribution in [0.5, 0.6) is 0 Å². The molecule has 1 N–H and O–H groups in total. The van der Waals surface area contributed by atoms with Crippen molar-refractivity contribution in [1.29, 1.82) is 0 Å². The number of halogens is 1. The van der Waals surface area contributed by atoms with Crippen molar-refractivity contribution in [2.24, 2.45) is 5.92 Å². The molecule has 0 fully saturated rings. The average molecular weight is 315 g/mol. The first-order valence-corrected chi connectivity index (χ1v) is 7.91. The van der Waals surface area contributed by atoms with Gasteiger partial charge in [0, 0.05) is 12.0 Å². The van der Waals surface area contributed by atoms with Crippen molar-refractivity contribution in [3.8, 4) is 11.3 Å². The third-order valence-corrected chi connectivity index (χ3v) is 3.32. The molecule has 4 nitrogen and oxygen atoms in total. The van der Waals surface area contributed by atoms with E-state index in [2.05, 4.69) is 15.3 Å². The molecule has 1 aromatic carbocycles. The van der Waals surface area contributed by atoms with Crippen molar-refractivity contribution in [2.75, 3.05) is 5.32 Å². The maximum absolute atomic E-state index is 13.0. The van der Waals surface area contributed by atoms with Gasteiger partial charge in [0.05, 0.1) is 17.6 Å². The van der Waals surface area contributed by atoms with Gasteiger partial charge in [-0.15, -0.1) is 0 Å². The first-order valence-electron chi connectivity index (χ1n) is 7.91. The zero-order valence-electron chi connectivity index (χ0n) is 13.8. The van der Waals surface area contributed by atoms with Crippen molar-refractivity contribution in [2.45, 2.75) is 40.0 Å². The van der Waals surface area contributed by atoms with E-state index < -0.39 is 0 Å². The van der Waals surface area contributed by atoms with Crippen molar-refractivity contribution < 1.29 is 9.18 Å². The van der Waals surface area contributed by atoms with E-state index in [0.717, 1.165) is 24.1 Å². The van der Waals surface area contributed by atoms with Crippen molar-refractivity contribution in [1.82, 2.24) is 9.97 Å². The molecule has 1 heterocycles. The second-order valence-electron chi connectivity index (χ2n) is 5.95. The Balaban J connectivity index is 2.27. The molecule has 0 aliphatic rings. The second-order valence-corrected chi connectivity index (χ2v) is 5.95. The summed E-state index contributed by atoms with van der Waals surface area (Å²) in [7, 11) is 0. The summed E-state index contributed by atoms with van der Waals surface area (Å²) in [6.45, 7) is 6.04. The molecule has 0 aliphatic heterocycles. The van der Waals surface area contributed by atoms with Gasteiger partial charge in [0.15, 0.2) is 5.82 Å². The van der Waals surface area contributed by atoms with E-state index in [1.54, 1.807) is 18.3 Å². The smallest absolute Gasteiger partial charge is 0.225 e. The van der Waals surface area contributed by atoms with Crippen LogP contribution < -0.4 is 5.32 Å². The fraction of sp³-hybridized carbons (Fsp3) is 0.389. The highest BCUT2D eigenvalue weighted by Crippen LogP contribution is 2.21. The molecule has 0 aliphatic carbocycles.